The van der Waals surface area contributed by atoms with Gasteiger partial charge < -0.3 is 14.3 Å². The van der Waals surface area contributed by atoms with Gasteiger partial charge >= 0.3 is 6.09 Å². The van der Waals surface area contributed by atoms with Gasteiger partial charge in [0.15, 0.2) is 8.32 Å². The van der Waals surface area contributed by atoms with Crippen molar-refractivity contribution in [1.82, 2.24) is 4.90 Å². The van der Waals surface area contributed by atoms with Crippen LogP contribution in [0.3, 0.4) is 0 Å². The van der Waals surface area contributed by atoms with Crippen LogP contribution in [0.1, 0.15) is 52.7 Å². The van der Waals surface area contributed by atoms with E-state index in [1.54, 1.807) is 7.11 Å². The summed E-state index contributed by atoms with van der Waals surface area (Å²) in [4.78, 5) is 13.3. The molecule has 0 aliphatic heterocycles. The maximum atomic E-state index is 11.8. The summed E-state index contributed by atoms with van der Waals surface area (Å²) >= 11 is 0. The highest BCUT2D eigenvalue weighted by atomic mass is 28.4. The number of methoxy groups -OCH3 is 1. The number of hydrogen-bond donors (Lipinski definition) is 1. The van der Waals surface area contributed by atoms with Gasteiger partial charge in [0.1, 0.15) is 5.75 Å². The van der Waals surface area contributed by atoms with E-state index in [-0.39, 0.29) is 11.6 Å². The Morgan fingerprint density at radius 2 is 1.59 bits per heavy atom. The van der Waals surface area contributed by atoms with Crippen LogP contribution in [-0.2, 0) is 17.6 Å². The van der Waals surface area contributed by atoms with E-state index in [0.717, 1.165) is 22.3 Å². The fraction of sp³-hybridized carbons (Fsp3) is 0.500. The molecule has 0 radical (unpaired) electrons. The fourth-order valence-electron chi connectivity index (χ4n) is 3.13. The van der Waals surface area contributed by atoms with E-state index in [1.807, 2.05) is 45.0 Å². The number of hydrogen-bond acceptors (Lipinski definition) is 3. The molecule has 0 saturated heterocycles. The van der Waals surface area contributed by atoms with E-state index >= 15 is 0 Å². The van der Waals surface area contributed by atoms with Crippen LogP contribution < -0.4 is 4.74 Å². The van der Waals surface area contributed by atoms with Gasteiger partial charge in [0.2, 0.25) is 0 Å². The SMILES string of the molecule is COc1cc(CN(C(=O)O)C(C)(C)C)cc(-c2cccc(CO[Si](C)(C)C(C)(C)C)c2)c1. The van der Waals surface area contributed by atoms with Gasteiger partial charge in [0, 0.05) is 12.1 Å². The van der Waals surface area contributed by atoms with Crippen LogP contribution in [0.2, 0.25) is 18.1 Å². The molecule has 0 unspecified atom stereocenters. The summed E-state index contributed by atoms with van der Waals surface area (Å²) < 4.78 is 11.9. The average molecular weight is 458 g/mol. The molecule has 5 nitrogen and oxygen atoms in total. The molecule has 0 bridgehead atoms. The summed E-state index contributed by atoms with van der Waals surface area (Å²) in [5.41, 5.74) is 3.56. The molecule has 0 saturated carbocycles. The summed E-state index contributed by atoms with van der Waals surface area (Å²) in [6.07, 6.45) is -0.938. The Bertz CT molecular complexity index is 942. The third kappa shape index (κ3) is 6.59. The monoisotopic (exact) mass is 457 g/mol. The maximum absolute atomic E-state index is 11.8. The first-order valence-corrected chi connectivity index (χ1v) is 14.0. The molecule has 0 atom stereocenters. The van der Waals surface area contributed by atoms with Gasteiger partial charge in [-0.15, -0.1) is 0 Å². The molecule has 176 valence electrons. The van der Waals surface area contributed by atoms with E-state index in [0.29, 0.717) is 12.4 Å². The van der Waals surface area contributed by atoms with Crippen molar-refractivity contribution in [3.63, 3.8) is 0 Å². The lowest BCUT2D eigenvalue weighted by Crippen LogP contribution is -2.44. The predicted octanol–water partition coefficient (Wildman–Crippen LogP) is 7.16. The average Bonchev–Trinajstić information content (AvgIpc) is 2.68. The van der Waals surface area contributed by atoms with Gasteiger partial charge in [0.05, 0.1) is 13.7 Å². The molecule has 0 aromatic heterocycles. The summed E-state index contributed by atoms with van der Waals surface area (Å²) in [6.45, 7) is 17.8. The Balaban J connectivity index is 2.35. The van der Waals surface area contributed by atoms with E-state index in [9.17, 15) is 9.90 Å². The molecule has 2 rings (SSSR count). The zero-order valence-corrected chi connectivity index (χ0v) is 22.1. The number of carbonyl (C=O) groups is 1. The first-order valence-electron chi connectivity index (χ1n) is 11.1. The summed E-state index contributed by atoms with van der Waals surface area (Å²) in [5.74, 6) is 0.708. The number of carboxylic acid groups (broad SMARTS) is 1. The Labute approximate surface area is 194 Å². The summed E-state index contributed by atoms with van der Waals surface area (Å²) in [6, 6.07) is 14.3. The smallest absolute Gasteiger partial charge is 0.408 e. The Kier molecular flexibility index (Phi) is 7.84. The third-order valence-electron chi connectivity index (χ3n) is 6.25. The lowest BCUT2D eigenvalue weighted by atomic mass is 9.99. The van der Waals surface area contributed by atoms with Crippen molar-refractivity contribution in [3.8, 4) is 16.9 Å². The molecule has 0 aliphatic rings. The van der Waals surface area contributed by atoms with Crippen LogP contribution >= 0.6 is 0 Å². The van der Waals surface area contributed by atoms with Gasteiger partial charge in [-0.1, -0.05) is 39.0 Å². The Hall–Kier alpha value is -2.31. The van der Waals surface area contributed by atoms with Gasteiger partial charge in [-0.2, -0.15) is 0 Å². The minimum Gasteiger partial charge on any atom is -0.497 e. The fourth-order valence-corrected chi connectivity index (χ4v) is 4.09. The van der Waals surface area contributed by atoms with Crippen molar-refractivity contribution in [2.75, 3.05) is 7.11 Å². The standard InChI is InChI=1S/C26H39NO4Si/c1-25(2,3)27(24(28)29)17-20-14-22(16-23(15-20)30-7)21-12-10-11-19(13-21)18-31-32(8,9)26(4,5)6/h10-16H,17-18H2,1-9H3,(H,28,29). The molecule has 32 heavy (non-hydrogen) atoms. The van der Waals surface area contributed by atoms with Gasteiger partial charge in [-0.3, -0.25) is 4.90 Å². The lowest BCUT2D eigenvalue weighted by Gasteiger charge is -2.36. The molecule has 0 fully saturated rings. The number of nitrogens with zero attached hydrogens (tertiary/aromatic N) is 1. The van der Waals surface area contributed by atoms with Crippen molar-refractivity contribution < 1.29 is 19.1 Å². The molecule has 0 heterocycles. The van der Waals surface area contributed by atoms with Crippen molar-refractivity contribution in [2.45, 2.75) is 78.4 Å². The van der Waals surface area contributed by atoms with Crippen LogP contribution in [0.4, 0.5) is 4.79 Å². The Morgan fingerprint density at radius 1 is 0.969 bits per heavy atom. The van der Waals surface area contributed by atoms with Crippen LogP contribution in [0.15, 0.2) is 42.5 Å². The highest BCUT2D eigenvalue weighted by molar-refractivity contribution is 6.74. The van der Waals surface area contributed by atoms with E-state index in [1.165, 1.54) is 4.90 Å². The third-order valence-corrected chi connectivity index (χ3v) is 10.7. The van der Waals surface area contributed by atoms with E-state index in [2.05, 4.69) is 52.1 Å². The van der Waals surface area contributed by atoms with E-state index in [4.69, 9.17) is 9.16 Å². The van der Waals surface area contributed by atoms with Crippen LogP contribution in [-0.4, -0.2) is 37.1 Å². The van der Waals surface area contributed by atoms with Crippen molar-refractivity contribution in [1.29, 1.82) is 0 Å². The zero-order valence-electron chi connectivity index (χ0n) is 21.1. The number of ether oxygens (including phenoxy) is 1. The van der Waals surface area contributed by atoms with Crippen molar-refractivity contribution in [2.24, 2.45) is 0 Å². The quantitative estimate of drug-likeness (QED) is 0.448. The molecular formula is C26H39NO4Si. The van der Waals surface area contributed by atoms with Gasteiger partial charge in [-0.25, -0.2) is 4.79 Å². The molecule has 6 heteroatoms. The van der Waals surface area contributed by atoms with Crippen molar-refractivity contribution >= 4 is 14.4 Å². The minimum absolute atomic E-state index is 0.162. The molecular weight excluding hydrogens is 418 g/mol. The number of rotatable bonds is 7. The van der Waals surface area contributed by atoms with Crippen LogP contribution in [0.25, 0.3) is 11.1 Å². The first kappa shape index (κ1) is 25.9. The van der Waals surface area contributed by atoms with Gasteiger partial charge in [0.25, 0.3) is 0 Å². The molecule has 0 aliphatic carbocycles. The summed E-state index contributed by atoms with van der Waals surface area (Å²) in [5, 5.41) is 9.85. The van der Waals surface area contributed by atoms with Crippen molar-refractivity contribution in [3.05, 3.63) is 53.6 Å². The molecule has 1 amide bonds. The largest absolute Gasteiger partial charge is 0.497 e. The van der Waals surface area contributed by atoms with E-state index < -0.39 is 19.9 Å². The zero-order chi connectivity index (χ0) is 24.3. The highest BCUT2D eigenvalue weighted by Crippen LogP contribution is 2.37. The summed E-state index contributed by atoms with van der Waals surface area (Å²) in [7, 11) is -0.206. The normalized spacial score (nSPS) is 12.5. The highest BCUT2D eigenvalue weighted by Gasteiger charge is 2.37. The second-order valence-electron chi connectivity index (χ2n) is 10.9. The molecule has 1 N–H and O–H groups in total. The first-order chi connectivity index (χ1) is 14.6. The second-order valence-corrected chi connectivity index (χ2v) is 15.7. The maximum Gasteiger partial charge on any atom is 0.408 e. The topological polar surface area (TPSA) is 59.0 Å². The lowest BCUT2D eigenvalue weighted by molar-refractivity contribution is 0.0955. The molecule has 0 spiro atoms. The second kappa shape index (κ2) is 9.67. The van der Waals surface area contributed by atoms with Crippen LogP contribution in [0.5, 0.6) is 5.75 Å². The number of benzene rings is 2. The number of amides is 1. The van der Waals surface area contributed by atoms with Gasteiger partial charge in [-0.05, 0) is 85.4 Å². The minimum atomic E-state index is -1.84. The molecule has 2 aromatic rings. The Morgan fingerprint density at radius 3 is 2.12 bits per heavy atom. The predicted molar refractivity (Wildman–Crippen MR) is 134 cm³/mol. The molecule has 2 aromatic carbocycles. The van der Waals surface area contributed by atoms with Crippen LogP contribution in [0, 0.1) is 0 Å².